The summed E-state index contributed by atoms with van der Waals surface area (Å²) in [6.07, 6.45) is 1.81. The molecule has 6 nitrogen and oxygen atoms in total. The molecule has 0 unspecified atom stereocenters. The zero-order chi connectivity index (χ0) is 25.5. The Bertz CT molecular complexity index is 1830. The average Bonchev–Trinajstić information content (AvgIpc) is 3.50. The molecule has 0 fully saturated rings. The summed E-state index contributed by atoms with van der Waals surface area (Å²) in [5.74, 6) is -0.803. The molecule has 37 heavy (non-hydrogen) atoms. The summed E-state index contributed by atoms with van der Waals surface area (Å²) in [6.45, 7) is 0. The van der Waals surface area contributed by atoms with E-state index in [-0.39, 0.29) is 11.4 Å². The van der Waals surface area contributed by atoms with Crippen LogP contribution in [0.2, 0.25) is 0 Å². The molecule has 1 aliphatic rings. The summed E-state index contributed by atoms with van der Waals surface area (Å²) >= 11 is 2.72. The van der Waals surface area contributed by atoms with E-state index in [4.69, 9.17) is 15.5 Å². The molecule has 2 aromatic heterocycles. The lowest BCUT2D eigenvalue weighted by molar-refractivity contribution is -0.134. The minimum atomic E-state index is -0.558. The number of aromatic nitrogens is 2. The van der Waals surface area contributed by atoms with Gasteiger partial charge in [0, 0.05) is 5.57 Å². The first-order chi connectivity index (χ1) is 18.1. The molecule has 0 aliphatic carbocycles. The van der Waals surface area contributed by atoms with Gasteiger partial charge in [-0.15, -0.1) is 22.7 Å². The van der Waals surface area contributed by atoms with Crippen molar-refractivity contribution in [2.24, 2.45) is 5.73 Å². The van der Waals surface area contributed by atoms with Gasteiger partial charge in [-0.3, -0.25) is 9.36 Å². The second kappa shape index (κ2) is 9.31. The SMILES string of the molecule is COC(=O)C1=c2s/c(=C\c3ccccc3)c(=O)n2C(N)=C(c2nc3ccccc3s2)[C@@H]1c1ccccc1. The summed E-state index contributed by atoms with van der Waals surface area (Å²) in [5.41, 5.74) is 10.1. The number of thiazole rings is 2. The Hall–Kier alpha value is -4.27. The van der Waals surface area contributed by atoms with Crippen molar-refractivity contribution >= 4 is 61.9 Å². The third-order valence-electron chi connectivity index (χ3n) is 6.31. The van der Waals surface area contributed by atoms with Crippen LogP contribution in [0.4, 0.5) is 0 Å². The molecule has 0 amide bonds. The van der Waals surface area contributed by atoms with Gasteiger partial charge >= 0.3 is 5.97 Å². The van der Waals surface area contributed by atoms with Crippen LogP contribution < -0.4 is 20.5 Å². The minimum Gasteiger partial charge on any atom is -0.466 e. The van der Waals surface area contributed by atoms with Crippen molar-refractivity contribution in [1.82, 2.24) is 9.55 Å². The molecular formula is C29H21N3O3S2. The number of benzene rings is 3. The van der Waals surface area contributed by atoms with Crippen molar-refractivity contribution in [3.05, 3.63) is 121 Å². The third kappa shape index (κ3) is 3.91. The lowest BCUT2D eigenvalue weighted by Crippen LogP contribution is -2.39. The van der Waals surface area contributed by atoms with Crippen LogP contribution in [0.25, 0.3) is 33.3 Å². The van der Waals surface area contributed by atoms with Gasteiger partial charge in [0.25, 0.3) is 5.56 Å². The van der Waals surface area contributed by atoms with E-state index in [1.807, 2.05) is 91.0 Å². The molecule has 8 heteroatoms. The molecule has 2 N–H and O–H groups in total. The Balaban J connectivity index is 1.73. The zero-order valence-electron chi connectivity index (χ0n) is 19.8. The van der Waals surface area contributed by atoms with E-state index >= 15 is 0 Å². The number of rotatable bonds is 4. The maximum absolute atomic E-state index is 13.7. The minimum absolute atomic E-state index is 0.268. The largest absolute Gasteiger partial charge is 0.466 e. The number of carbonyl (C=O) groups excluding carboxylic acids is 1. The van der Waals surface area contributed by atoms with E-state index in [9.17, 15) is 9.59 Å². The maximum Gasteiger partial charge on any atom is 0.337 e. The number of carbonyl (C=O) groups is 1. The number of hydrogen-bond donors (Lipinski definition) is 1. The maximum atomic E-state index is 13.7. The summed E-state index contributed by atoms with van der Waals surface area (Å²) in [7, 11) is 1.35. The highest BCUT2D eigenvalue weighted by molar-refractivity contribution is 7.19. The molecule has 0 bridgehead atoms. The number of para-hydroxylation sites is 1. The monoisotopic (exact) mass is 523 g/mol. The summed E-state index contributed by atoms with van der Waals surface area (Å²) in [5, 5.41) is 0.659. The Morgan fingerprint density at radius 1 is 0.973 bits per heavy atom. The second-order valence-corrected chi connectivity index (χ2v) is 10.6. The van der Waals surface area contributed by atoms with Gasteiger partial charge in [0.05, 0.1) is 33.3 Å². The summed E-state index contributed by atoms with van der Waals surface area (Å²) in [6, 6.07) is 27.1. The van der Waals surface area contributed by atoms with E-state index < -0.39 is 11.9 Å². The van der Waals surface area contributed by atoms with Crippen molar-refractivity contribution in [1.29, 1.82) is 0 Å². The van der Waals surface area contributed by atoms with Gasteiger partial charge in [-0.1, -0.05) is 72.8 Å². The first-order valence-corrected chi connectivity index (χ1v) is 13.2. The fourth-order valence-electron chi connectivity index (χ4n) is 4.63. The Kier molecular flexibility index (Phi) is 5.82. The number of hydrogen-bond acceptors (Lipinski definition) is 7. The number of ether oxygens (including phenoxy) is 1. The Morgan fingerprint density at radius 2 is 1.65 bits per heavy atom. The van der Waals surface area contributed by atoms with Gasteiger partial charge in [0.2, 0.25) is 0 Å². The molecule has 0 saturated carbocycles. The van der Waals surface area contributed by atoms with Crippen LogP contribution in [0.1, 0.15) is 22.1 Å². The predicted molar refractivity (Wildman–Crippen MR) is 149 cm³/mol. The van der Waals surface area contributed by atoms with Crippen LogP contribution in [-0.4, -0.2) is 22.6 Å². The molecular weight excluding hydrogens is 502 g/mol. The van der Waals surface area contributed by atoms with Crippen molar-refractivity contribution < 1.29 is 9.53 Å². The standard InChI is InChI=1S/C29H21N3O3S2/c1-35-29(34)24-22(18-12-6-3-7-13-18)23(26-31-19-14-8-9-15-20(19)36-26)25(30)32-27(33)21(37-28(24)32)16-17-10-4-2-5-11-17/h2-16,22H,30H2,1H3/b21-16-/t22-/m0/s1. The molecule has 1 aliphatic heterocycles. The van der Waals surface area contributed by atoms with E-state index in [0.29, 0.717) is 25.3 Å². The van der Waals surface area contributed by atoms with E-state index in [0.717, 1.165) is 21.3 Å². The van der Waals surface area contributed by atoms with Crippen LogP contribution in [0.15, 0.2) is 89.7 Å². The molecule has 3 aromatic carbocycles. The van der Waals surface area contributed by atoms with Crippen LogP contribution in [0.5, 0.6) is 0 Å². The molecule has 5 aromatic rings. The summed E-state index contributed by atoms with van der Waals surface area (Å²) in [4.78, 5) is 32.0. The first-order valence-electron chi connectivity index (χ1n) is 11.6. The molecule has 0 spiro atoms. The normalized spacial score (nSPS) is 15.8. The predicted octanol–water partition coefficient (Wildman–Crippen LogP) is 3.75. The van der Waals surface area contributed by atoms with Gasteiger partial charge in [-0.05, 0) is 29.3 Å². The molecule has 1 atom stereocenters. The van der Waals surface area contributed by atoms with Crippen LogP contribution >= 0.6 is 22.7 Å². The number of esters is 1. The van der Waals surface area contributed by atoms with Gasteiger partial charge < -0.3 is 10.5 Å². The van der Waals surface area contributed by atoms with E-state index in [1.54, 1.807) is 0 Å². The van der Waals surface area contributed by atoms with Crippen LogP contribution in [0, 0.1) is 0 Å². The highest BCUT2D eigenvalue weighted by Gasteiger charge is 2.37. The van der Waals surface area contributed by atoms with Crippen molar-refractivity contribution in [3.8, 4) is 0 Å². The zero-order valence-corrected chi connectivity index (χ0v) is 21.4. The highest BCUT2D eigenvalue weighted by Crippen LogP contribution is 2.44. The molecule has 0 saturated heterocycles. The van der Waals surface area contributed by atoms with E-state index in [1.165, 1.54) is 34.4 Å². The highest BCUT2D eigenvalue weighted by atomic mass is 32.1. The van der Waals surface area contributed by atoms with Gasteiger partial charge in [-0.2, -0.15) is 0 Å². The number of methoxy groups -OCH3 is 1. The lowest BCUT2D eigenvalue weighted by atomic mass is 9.83. The van der Waals surface area contributed by atoms with Crippen molar-refractivity contribution in [2.75, 3.05) is 7.11 Å². The number of nitrogens with two attached hydrogens (primary N) is 1. The lowest BCUT2D eigenvalue weighted by Gasteiger charge is -2.27. The number of allylic oxidation sites excluding steroid dienone is 1. The van der Waals surface area contributed by atoms with Gasteiger partial charge in [0.15, 0.2) is 0 Å². The Labute approximate surface area is 219 Å². The first kappa shape index (κ1) is 23.1. The van der Waals surface area contributed by atoms with Crippen LogP contribution in [-0.2, 0) is 9.53 Å². The Morgan fingerprint density at radius 3 is 2.35 bits per heavy atom. The van der Waals surface area contributed by atoms with Crippen molar-refractivity contribution in [2.45, 2.75) is 5.92 Å². The van der Waals surface area contributed by atoms with E-state index in [2.05, 4.69) is 0 Å². The second-order valence-electron chi connectivity index (χ2n) is 8.50. The number of fused-ring (bicyclic) bond motifs is 2. The van der Waals surface area contributed by atoms with Gasteiger partial charge in [-0.25, -0.2) is 9.78 Å². The third-order valence-corrected chi connectivity index (χ3v) is 8.49. The average molecular weight is 524 g/mol. The fraction of sp³-hybridized carbons (Fsp3) is 0.0690. The topological polar surface area (TPSA) is 87.2 Å². The molecule has 3 heterocycles. The van der Waals surface area contributed by atoms with Crippen LogP contribution in [0.3, 0.4) is 0 Å². The molecule has 0 radical (unpaired) electrons. The molecule has 182 valence electrons. The quantitative estimate of drug-likeness (QED) is 0.363. The van der Waals surface area contributed by atoms with Gasteiger partial charge in [0.1, 0.15) is 15.5 Å². The smallest absolute Gasteiger partial charge is 0.337 e. The molecule has 6 rings (SSSR count). The summed E-state index contributed by atoms with van der Waals surface area (Å²) < 4.78 is 8.64. The van der Waals surface area contributed by atoms with Crippen molar-refractivity contribution in [3.63, 3.8) is 0 Å². The number of nitrogens with zero attached hydrogens (tertiary/aromatic N) is 2. The fourth-order valence-corrected chi connectivity index (χ4v) is 6.85.